The van der Waals surface area contributed by atoms with Gasteiger partial charge in [0.25, 0.3) is 0 Å². The largest absolute Gasteiger partial charge is 0.385 e. The van der Waals surface area contributed by atoms with Crippen molar-refractivity contribution in [3.8, 4) is 0 Å². The SMILES string of the molecule is C=CC1(O)CC[C@H]2O[C@@H]3OC(C)(C)O[C@@H]3[C@@H]2[C@H]1/C=C\C. The van der Waals surface area contributed by atoms with Crippen molar-refractivity contribution in [1.82, 2.24) is 0 Å². The van der Waals surface area contributed by atoms with Crippen molar-refractivity contribution < 1.29 is 19.3 Å². The van der Waals surface area contributed by atoms with Gasteiger partial charge in [0.15, 0.2) is 12.1 Å². The fourth-order valence-electron chi connectivity index (χ4n) is 3.91. The van der Waals surface area contributed by atoms with Crippen LogP contribution in [-0.4, -0.2) is 35.0 Å². The molecule has 6 atom stereocenters. The lowest BCUT2D eigenvalue weighted by Gasteiger charge is -2.44. The minimum absolute atomic E-state index is 0.0451. The van der Waals surface area contributed by atoms with Gasteiger partial charge in [-0.3, -0.25) is 0 Å². The first kappa shape index (κ1) is 14.3. The fourth-order valence-corrected chi connectivity index (χ4v) is 3.91. The van der Waals surface area contributed by atoms with Gasteiger partial charge in [0, 0.05) is 11.8 Å². The van der Waals surface area contributed by atoms with Gasteiger partial charge in [0.05, 0.1) is 11.7 Å². The second-order valence-electron chi connectivity index (χ2n) is 6.51. The Morgan fingerprint density at radius 2 is 2.05 bits per heavy atom. The van der Waals surface area contributed by atoms with Gasteiger partial charge in [-0.2, -0.15) is 0 Å². The molecule has 112 valence electrons. The number of aliphatic hydroxyl groups is 1. The first-order valence-corrected chi connectivity index (χ1v) is 7.40. The minimum Gasteiger partial charge on any atom is -0.385 e. The average Bonchev–Trinajstić information content (AvgIpc) is 2.85. The van der Waals surface area contributed by atoms with Gasteiger partial charge >= 0.3 is 0 Å². The monoisotopic (exact) mass is 280 g/mol. The van der Waals surface area contributed by atoms with Gasteiger partial charge in [-0.05, 0) is 33.6 Å². The van der Waals surface area contributed by atoms with Gasteiger partial charge in [-0.1, -0.05) is 18.2 Å². The molecule has 1 N–H and O–H groups in total. The molecule has 20 heavy (non-hydrogen) atoms. The number of rotatable bonds is 2. The smallest absolute Gasteiger partial charge is 0.187 e. The van der Waals surface area contributed by atoms with Crippen LogP contribution in [-0.2, 0) is 14.2 Å². The summed E-state index contributed by atoms with van der Waals surface area (Å²) in [4.78, 5) is 0. The first-order valence-electron chi connectivity index (χ1n) is 7.40. The summed E-state index contributed by atoms with van der Waals surface area (Å²) in [7, 11) is 0. The van der Waals surface area contributed by atoms with Crippen LogP contribution in [0.4, 0.5) is 0 Å². The lowest BCUT2D eigenvalue weighted by Crippen LogP contribution is -2.50. The van der Waals surface area contributed by atoms with Crippen molar-refractivity contribution in [1.29, 1.82) is 0 Å². The van der Waals surface area contributed by atoms with E-state index in [1.54, 1.807) is 6.08 Å². The molecule has 1 saturated carbocycles. The third kappa shape index (κ3) is 2.06. The molecule has 0 aromatic carbocycles. The summed E-state index contributed by atoms with van der Waals surface area (Å²) in [5.74, 6) is -0.559. The molecule has 4 heteroatoms. The van der Waals surface area contributed by atoms with Crippen LogP contribution in [0, 0.1) is 11.8 Å². The summed E-state index contributed by atoms with van der Waals surface area (Å²) < 4.78 is 17.9. The van der Waals surface area contributed by atoms with Crippen LogP contribution in [0.3, 0.4) is 0 Å². The molecule has 0 bridgehead atoms. The summed E-state index contributed by atoms with van der Waals surface area (Å²) >= 11 is 0. The van der Waals surface area contributed by atoms with E-state index in [9.17, 15) is 5.11 Å². The van der Waals surface area contributed by atoms with E-state index >= 15 is 0 Å². The highest BCUT2D eigenvalue weighted by atomic mass is 16.8. The molecular formula is C16H24O4. The minimum atomic E-state index is -0.887. The fraction of sp³-hybridized carbons (Fsp3) is 0.750. The normalized spacial score (nSPS) is 50.1. The molecule has 3 rings (SSSR count). The first-order chi connectivity index (χ1) is 9.40. The Balaban J connectivity index is 1.93. The number of ether oxygens (including phenoxy) is 3. The van der Waals surface area contributed by atoms with E-state index in [-0.39, 0.29) is 30.3 Å². The zero-order valence-electron chi connectivity index (χ0n) is 12.4. The maximum atomic E-state index is 10.8. The van der Waals surface area contributed by atoms with Crippen molar-refractivity contribution >= 4 is 0 Å². The topological polar surface area (TPSA) is 47.9 Å². The summed E-state index contributed by atoms with van der Waals surface area (Å²) in [6, 6.07) is 0. The molecule has 2 saturated heterocycles. The molecule has 0 aromatic rings. The molecule has 3 fully saturated rings. The number of hydrogen-bond donors (Lipinski definition) is 1. The van der Waals surface area contributed by atoms with Gasteiger partial charge in [0.1, 0.15) is 6.10 Å². The van der Waals surface area contributed by atoms with Crippen molar-refractivity contribution in [2.75, 3.05) is 0 Å². The van der Waals surface area contributed by atoms with Crippen molar-refractivity contribution in [2.24, 2.45) is 11.8 Å². The summed E-state index contributed by atoms with van der Waals surface area (Å²) in [5.41, 5.74) is -0.887. The summed E-state index contributed by atoms with van der Waals surface area (Å²) in [6.07, 6.45) is 6.82. The second kappa shape index (κ2) is 4.67. The van der Waals surface area contributed by atoms with E-state index in [1.165, 1.54) is 0 Å². The van der Waals surface area contributed by atoms with E-state index in [4.69, 9.17) is 14.2 Å². The molecule has 4 nitrogen and oxygen atoms in total. The van der Waals surface area contributed by atoms with Crippen LogP contribution in [0.15, 0.2) is 24.8 Å². The maximum Gasteiger partial charge on any atom is 0.187 e. The molecule has 1 unspecified atom stereocenters. The van der Waals surface area contributed by atoms with E-state index in [0.717, 1.165) is 6.42 Å². The predicted octanol–water partition coefficient (Wildman–Crippen LogP) is 2.38. The Labute approximate surface area is 120 Å². The maximum absolute atomic E-state index is 10.8. The molecular weight excluding hydrogens is 256 g/mol. The van der Waals surface area contributed by atoms with Gasteiger partial charge in [-0.25, -0.2) is 0 Å². The van der Waals surface area contributed by atoms with E-state index in [1.807, 2.05) is 26.8 Å². The summed E-state index contributed by atoms with van der Waals surface area (Å²) in [6.45, 7) is 9.59. The average molecular weight is 280 g/mol. The Kier molecular flexibility index (Phi) is 3.33. The van der Waals surface area contributed by atoms with Crippen LogP contribution in [0.5, 0.6) is 0 Å². The van der Waals surface area contributed by atoms with Crippen LogP contribution >= 0.6 is 0 Å². The van der Waals surface area contributed by atoms with Crippen molar-refractivity contribution in [3.63, 3.8) is 0 Å². The zero-order valence-corrected chi connectivity index (χ0v) is 12.4. The van der Waals surface area contributed by atoms with E-state index in [2.05, 4.69) is 12.7 Å². The molecule has 0 spiro atoms. The summed E-state index contributed by atoms with van der Waals surface area (Å²) in [5, 5.41) is 10.8. The van der Waals surface area contributed by atoms with Crippen LogP contribution in [0.2, 0.25) is 0 Å². The predicted molar refractivity (Wildman–Crippen MR) is 74.9 cm³/mol. The Morgan fingerprint density at radius 1 is 1.30 bits per heavy atom. The molecule has 0 amide bonds. The molecule has 0 aromatic heterocycles. The second-order valence-corrected chi connectivity index (χ2v) is 6.51. The Hall–Kier alpha value is -0.680. The molecule has 2 heterocycles. The van der Waals surface area contributed by atoms with E-state index in [0.29, 0.717) is 6.42 Å². The Bertz CT molecular complexity index is 430. The standard InChI is InChI=1S/C16H24O4/c1-5-7-10-12-11(8-9-16(10,17)6-2)18-14-13(12)19-15(3,4)20-14/h5-7,10-14,17H,2,8-9H2,1,3-4H3/b7-5-/t10-,11-,12-,13-,14-,16?/m1/s1. The lowest BCUT2D eigenvalue weighted by atomic mass is 9.66. The number of fused-ring (bicyclic) bond motifs is 3. The molecule has 1 aliphatic carbocycles. The van der Waals surface area contributed by atoms with Gasteiger partial charge in [-0.15, -0.1) is 6.58 Å². The Morgan fingerprint density at radius 3 is 2.70 bits per heavy atom. The van der Waals surface area contributed by atoms with Gasteiger partial charge < -0.3 is 19.3 Å². The molecule has 0 radical (unpaired) electrons. The highest BCUT2D eigenvalue weighted by Crippen LogP contribution is 2.51. The quantitative estimate of drug-likeness (QED) is 0.789. The van der Waals surface area contributed by atoms with Crippen LogP contribution in [0.25, 0.3) is 0 Å². The highest BCUT2D eigenvalue weighted by molar-refractivity contribution is 5.16. The molecule has 2 aliphatic heterocycles. The van der Waals surface area contributed by atoms with Gasteiger partial charge in [0.2, 0.25) is 0 Å². The van der Waals surface area contributed by atoms with E-state index < -0.39 is 11.4 Å². The zero-order chi connectivity index (χ0) is 14.5. The van der Waals surface area contributed by atoms with Crippen molar-refractivity contribution in [2.45, 2.75) is 63.5 Å². The number of hydrogen-bond acceptors (Lipinski definition) is 4. The lowest BCUT2D eigenvalue weighted by molar-refractivity contribution is -0.220. The number of allylic oxidation sites excluding steroid dienone is 1. The third-order valence-electron chi connectivity index (χ3n) is 4.78. The highest BCUT2D eigenvalue weighted by Gasteiger charge is 2.60. The van der Waals surface area contributed by atoms with Crippen LogP contribution in [0.1, 0.15) is 33.6 Å². The third-order valence-corrected chi connectivity index (χ3v) is 4.78. The van der Waals surface area contributed by atoms with Crippen molar-refractivity contribution in [3.05, 3.63) is 24.8 Å². The molecule has 3 aliphatic rings. The van der Waals surface area contributed by atoms with Crippen LogP contribution < -0.4 is 0 Å².